The summed E-state index contributed by atoms with van der Waals surface area (Å²) in [5, 5.41) is 0. The number of nitrogens with zero attached hydrogens (tertiary/aromatic N) is 1. The standard InChI is InChI=1S/C21H24N2O2/c1-13-3-6-15(7-4-13)23-16-8-9-17(19(24)12-16)21(23)14-5-10-20(25-2)18(22)11-14/h3-7,10-11,16-17,21H,8-9,12,22H2,1-2H3. The minimum Gasteiger partial charge on any atom is -0.495 e. The van der Waals surface area contributed by atoms with Crippen LogP contribution in [0, 0.1) is 12.8 Å². The lowest BCUT2D eigenvalue weighted by Gasteiger charge is -2.52. The van der Waals surface area contributed by atoms with E-state index in [0.29, 0.717) is 23.6 Å². The molecule has 3 aliphatic rings. The van der Waals surface area contributed by atoms with Crippen molar-refractivity contribution in [3.05, 3.63) is 53.6 Å². The van der Waals surface area contributed by atoms with Gasteiger partial charge in [0.1, 0.15) is 11.5 Å². The molecule has 3 fully saturated rings. The number of Topliss-reactive ketones (excluding diaryl/α,β-unsaturated/α-hetero) is 1. The van der Waals surface area contributed by atoms with Gasteiger partial charge in [-0.15, -0.1) is 0 Å². The van der Waals surface area contributed by atoms with Crippen molar-refractivity contribution in [2.24, 2.45) is 5.92 Å². The number of benzene rings is 2. The van der Waals surface area contributed by atoms with Crippen molar-refractivity contribution in [2.45, 2.75) is 38.3 Å². The zero-order chi connectivity index (χ0) is 17.6. The van der Waals surface area contributed by atoms with Gasteiger partial charge in [-0.25, -0.2) is 0 Å². The molecule has 2 bridgehead atoms. The summed E-state index contributed by atoms with van der Waals surface area (Å²) in [6.45, 7) is 2.09. The molecule has 0 spiro atoms. The summed E-state index contributed by atoms with van der Waals surface area (Å²) in [7, 11) is 1.62. The van der Waals surface area contributed by atoms with Gasteiger partial charge in [-0.05, 0) is 49.6 Å². The third-order valence-electron chi connectivity index (χ3n) is 5.66. The summed E-state index contributed by atoms with van der Waals surface area (Å²) in [6, 6.07) is 14.9. The normalized spacial score (nSPS) is 25.3. The number of rotatable bonds is 3. The van der Waals surface area contributed by atoms with Gasteiger partial charge in [-0.2, -0.15) is 0 Å². The Morgan fingerprint density at radius 3 is 2.52 bits per heavy atom. The number of ketones is 1. The molecule has 2 aliphatic heterocycles. The number of anilines is 2. The minimum absolute atomic E-state index is 0.0408. The average Bonchev–Trinajstić information content (AvgIpc) is 2.62. The molecular weight excluding hydrogens is 312 g/mol. The Morgan fingerprint density at radius 2 is 1.88 bits per heavy atom. The van der Waals surface area contributed by atoms with Gasteiger partial charge in [0.25, 0.3) is 0 Å². The summed E-state index contributed by atoms with van der Waals surface area (Å²) >= 11 is 0. The van der Waals surface area contributed by atoms with E-state index in [0.717, 1.165) is 18.4 Å². The van der Waals surface area contributed by atoms with Gasteiger partial charge in [0.15, 0.2) is 0 Å². The highest BCUT2D eigenvalue weighted by Gasteiger charge is 2.47. The molecule has 2 heterocycles. The maximum atomic E-state index is 12.6. The highest BCUT2D eigenvalue weighted by molar-refractivity contribution is 5.86. The first-order chi connectivity index (χ1) is 12.1. The fraction of sp³-hybridized carbons (Fsp3) is 0.381. The highest BCUT2D eigenvalue weighted by Crippen LogP contribution is 2.48. The van der Waals surface area contributed by atoms with Crippen LogP contribution in [0.2, 0.25) is 0 Å². The van der Waals surface area contributed by atoms with Crippen LogP contribution in [0.5, 0.6) is 5.75 Å². The van der Waals surface area contributed by atoms with E-state index >= 15 is 0 Å². The second-order valence-corrected chi connectivity index (χ2v) is 7.20. The Balaban J connectivity index is 1.79. The molecule has 0 radical (unpaired) electrons. The maximum absolute atomic E-state index is 12.6. The largest absolute Gasteiger partial charge is 0.495 e. The monoisotopic (exact) mass is 336 g/mol. The molecule has 0 aromatic heterocycles. The first-order valence-corrected chi connectivity index (χ1v) is 8.89. The maximum Gasteiger partial charge on any atom is 0.141 e. The molecule has 130 valence electrons. The summed E-state index contributed by atoms with van der Waals surface area (Å²) in [4.78, 5) is 15.0. The molecule has 5 rings (SSSR count). The molecule has 2 aromatic carbocycles. The fourth-order valence-electron chi connectivity index (χ4n) is 4.43. The number of methoxy groups -OCH3 is 1. The van der Waals surface area contributed by atoms with Crippen molar-refractivity contribution in [1.29, 1.82) is 0 Å². The zero-order valence-corrected chi connectivity index (χ0v) is 14.7. The number of hydrogen-bond acceptors (Lipinski definition) is 4. The molecule has 1 aliphatic carbocycles. The number of nitrogens with two attached hydrogens (primary N) is 1. The van der Waals surface area contributed by atoms with Crippen molar-refractivity contribution in [2.75, 3.05) is 17.7 Å². The van der Waals surface area contributed by atoms with Crippen molar-refractivity contribution >= 4 is 17.2 Å². The van der Waals surface area contributed by atoms with Crippen LogP contribution in [0.4, 0.5) is 11.4 Å². The topological polar surface area (TPSA) is 55.6 Å². The van der Waals surface area contributed by atoms with Gasteiger partial charge in [0, 0.05) is 24.1 Å². The Hall–Kier alpha value is -2.49. The van der Waals surface area contributed by atoms with Crippen molar-refractivity contribution in [1.82, 2.24) is 0 Å². The number of carbonyl (C=O) groups is 1. The van der Waals surface area contributed by atoms with Gasteiger partial charge >= 0.3 is 0 Å². The van der Waals surface area contributed by atoms with E-state index in [1.54, 1.807) is 7.11 Å². The number of fused-ring (bicyclic) bond motifs is 3. The van der Waals surface area contributed by atoms with Crippen molar-refractivity contribution < 1.29 is 9.53 Å². The Labute approximate surface area is 148 Å². The van der Waals surface area contributed by atoms with E-state index in [9.17, 15) is 4.79 Å². The first kappa shape index (κ1) is 16.0. The van der Waals surface area contributed by atoms with E-state index in [-0.39, 0.29) is 18.0 Å². The van der Waals surface area contributed by atoms with Crippen molar-refractivity contribution in [3.8, 4) is 5.75 Å². The van der Waals surface area contributed by atoms with Crippen LogP contribution in [0.1, 0.15) is 36.4 Å². The van der Waals surface area contributed by atoms with E-state index < -0.39 is 0 Å². The predicted molar refractivity (Wildman–Crippen MR) is 99.9 cm³/mol. The number of hydrogen-bond donors (Lipinski definition) is 1. The molecule has 25 heavy (non-hydrogen) atoms. The Morgan fingerprint density at radius 1 is 1.12 bits per heavy atom. The molecule has 2 aromatic rings. The third kappa shape index (κ3) is 2.66. The van der Waals surface area contributed by atoms with Crippen LogP contribution >= 0.6 is 0 Å². The van der Waals surface area contributed by atoms with E-state index in [1.165, 1.54) is 11.3 Å². The van der Waals surface area contributed by atoms with Crippen LogP contribution < -0.4 is 15.4 Å². The molecular formula is C21H24N2O2. The lowest BCUT2D eigenvalue weighted by Crippen LogP contribution is -2.54. The summed E-state index contributed by atoms with van der Waals surface area (Å²) < 4.78 is 5.29. The lowest BCUT2D eigenvalue weighted by atomic mass is 9.71. The van der Waals surface area contributed by atoms with Gasteiger partial charge in [0.2, 0.25) is 0 Å². The Kier molecular flexibility index (Phi) is 3.91. The van der Waals surface area contributed by atoms with Crippen LogP contribution in [0.3, 0.4) is 0 Å². The van der Waals surface area contributed by atoms with E-state index in [1.807, 2.05) is 12.1 Å². The quantitative estimate of drug-likeness (QED) is 0.864. The molecule has 2 N–H and O–H groups in total. The number of piperidine rings is 2. The lowest BCUT2D eigenvalue weighted by molar-refractivity contribution is -0.128. The SMILES string of the molecule is COc1ccc(C2C3CCC(CC3=O)N2c2ccc(C)cc2)cc1N. The van der Waals surface area contributed by atoms with Crippen LogP contribution in [-0.2, 0) is 4.79 Å². The van der Waals surface area contributed by atoms with E-state index in [4.69, 9.17) is 10.5 Å². The second kappa shape index (κ2) is 6.10. The number of nitrogen functional groups attached to an aromatic ring is 1. The third-order valence-corrected chi connectivity index (χ3v) is 5.66. The molecule has 3 atom stereocenters. The van der Waals surface area contributed by atoms with Crippen LogP contribution in [-0.4, -0.2) is 18.9 Å². The number of ether oxygens (including phenoxy) is 1. The molecule has 0 amide bonds. The van der Waals surface area contributed by atoms with Gasteiger partial charge in [-0.1, -0.05) is 23.8 Å². The minimum atomic E-state index is 0.0408. The first-order valence-electron chi connectivity index (χ1n) is 8.89. The van der Waals surface area contributed by atoms with Crippen LogP contribution in [0.25, 0.3) is 0 Å². The Bertz CT molecular complexity index is 800. The highest BCUT2D eigenvalue weighted by atomic mass is 16.5. The smallest absolute Gasteiger partial charge is 0.141 e. The molecule has 2 saturated heterocycles. The van der Waals surface area contributed by atoms with Gasteiger partial charge in [0.05, 0.1) is 18.8 Å². The van der Waals surface area contributed by atoms with Gasteiger partial charge < -0.3 is 15.4 Å². The van der Waals surface area contributed by atoms with Crippen LogP contribution in [0.15, 0.2) is 42.5 Å². The molecule has 3 unspecified atom stereocenters. The van der Waals surface area contributed by atoms with E-state index in [2.05, 4.69) is 42.2 Å². The molecule has 1 saturated carbocycles. The zero-order valence-electron chi connectivity index (χ0n) is 14.7. The number of carbonyl (C=O) groups excluding carboxylic acids is 1. The van der Waals surface area contributed by atoms with Crippen molar-refractivity contribution in [3.63, 3.8) is 0 Å². The average molecular weight is 336 g/mol. The molecule has 4 nitrogen and oxygen atoms in total. The van der Waals surface area contributed by atoms with Gasteiger partial charge in [-0.3, -0.25) is 4.79 Å². The second-order valence-electron chi connectivity index (χ2n) is 7.20. The predicted octanol–water partition coefficient (Wildman–Crippen LogP) is 3.88. The summed E-state index contributed by atoms with van der Waals surface area (Å²) in [5.41, 5.74) is 10.3. The number of aryl methyl sites for hydroxylation is 1. The summed E-state index contributed by atoms with van der Waals surface area (Å²) in [6.07, 6.45) is 2.69. The molecule has 4 heteroatoms. The fourth-order valence-corrected chi connectivity index (χ4v) is 4.43. The summed E-state index contributed by atoms with van der Waals surface area (Å²) in [5.74, 6) is 1.11.